The van der Waals surface area contributed by atoms with Gasteiger partial charge in [-0.15, -0.1) is 0 Å². The number of halogens is 1. The molecule has 0 heterocycles. The van der Waals surface area contributed by atoms with Crippen molar-refractivity contribution in [3.63, 3.8) is 0 Å². The first-order valence-corrected chi connectivity index (χ1v) is 5.42. The van der Waals surface area contributed by atoms with Crippen molar-refractivity contribution in [2.45, 2.75) is 20.8 Å². The van der Waals surface area contributed by atoms with Crippen molar-refractivity contribution < 1.29 is 4.39 Å². The summed E-state index contributed by atoms with van der Waals surface area (Å²) in [5, 5.41) is 0. The summed E-state index contributed by atoms with van der Waals surface area (Å²) >= 11 is 0. The molecular formula is C15H15F. The van der Waals surface area contributed by atoms with Crippen LogP contribution in [0.3, 0.4) is 0 Å². The number of aryl methyl sites for hydroxylation is 3. The van der Waals surface area contributed by atoms with Gasteiger partial charge in [-0.3, -0.25) is 0 Å². The van der Waals surface area contributed by atoms with Gasteiger partial charge in [0.2, 0.25) is 0 Å². The second kappa shape index (κ2) is 4.09. The van der Waals surface area contributed by atoms with E-state index in [9.17, 15) is 4.39 Å². The Morgan fingerprint density at radius 3 is 1.75 bits per heavy atom. The Bertz CT molecular complexity index is 486. The SMILES string of the molecule is Cc1ccc(-c2cc(C)c(F)c(C)c2)cc1. The van der Waals surface area contributed by atoms with Gasteiger partial charge in [0, 0.05) is 0 Å². The average molecular weight is 214 g/mol. The maximum absolute atomic E-state index is 13.5. The van der Waals surface area contributed by atoms with Crippen molar-refractivity contribution in [1.29, 1.82) is 0 Å². The Hall–Kier alpha value is -1.63. The Morgan fingerprint density at radius 1 is 0.750 bits per heavy atom. The van der Waals surface area contributed by atoms with Crippen LogP contribution in [0.5, 0.6) is 0 Å². The molecule has 0 unspecified atom stereocenters. The Kier molecular flexibility index (Phi) is 2.78. The van der Waals surface area contributed by atoms with Crippen LogP contribution in [0.4, 0.5) is 4.39 Å². The fraction of sp³-hybridized carbons (Fsp3) is 0.200. The molecule has 0 radical (unpaired) electrons. The molecule has 82 valence electrons. The van der Waals surface area contributed by atoms with E-state index in [-0.39, 0.29) is 5.82 Å². The van der Waals surface area contributed by atoms with E-state index in [1.807, 2.05) is 12.1 Å². The zero-order chi connectivity index (χ0) is 11.7. The summed E-state index contributed by atoms with van der Waals surface area (Å²) in [5.41, 5.74) is 4.86. The molecule has 0 aromatic heterocycles. The number of hydrogen-bond acceptors (Lipinski definition) is 0. The molecular weight excluding hydrogens is 199 g/mol. The van der Waals surface area contributed by atoms with E-state index in [1.54, 1.807) is 13.8 Å². The van der Waals surface area contributed by atoms with Crippen molar-refractivity contribution in [3.8, 4) is 11.1 Å². The van der Waals surface area contributed by atoms with Crippen molar-refractivity contribution >= 4 is 0 Å². The predicted molar refractivity (Wildman–Crippen MR) is 66.0 cm³/mol. The van der Waals surface area contributed by atoms with E-state index >= 15 is 0 Å². The van der Waals surface area contributed by atoms with E-state index in [0.717, 1.165) is 11.1 Å². The summed E-state index contributed by atoms with van der Waals surface area (Å²) in [6.07, 6.45) is 0. The van der Waals surface area contributed by atoms with Crippen LogP contribution in [0.25, 0.3) is 11.1 Å². The lowest BCUT2D eigenvalue weighted by Crippen LogP contribution is -1.89. The maximum Gasteiger partial charge on any atom is 0.129 e. The molecule has 0 amide bonds. The molecule has 0 fully saturated rings. The summed E-state index contributed by atoms with van der Waals surface area (Å²) in [6.45, 7) is 5.67. The highest BCUT2D eigenvalue weighted by Crippen LogP contribution is 2.24. The molecule has 2 aromatic rings. The highest BCUT2D eigenvalue weighted by Gasteiger charge is 2.05. The van der Waals surface area contributed by atoms with Crippen molar-refractivity contribution in [2.75, 3.05) is 0 Å². The lowest BCUT2D eigenvalue weighted by atomic mass is 9.99. The minimum Gasteiger partial charge on any atom is -0.206 e. The van der Waals surface area contributed by atoms with Crippen LogP contribution in [0.15, 0.2) is 36.4 Å². The zero-order valence-corrected chi connectivity index (χ0v) is 9.84. The van der Waals surface area contributed by atoms with Crippen molar-refractivity contribution in [3.05, 3.63) is 58.9 Å². The van der Waals surface area contributed by atoms with Crippen molar-refractivity contribution in [2.24, 2.45) is 0 Å². The monoisotopic (exact) mass is 214 g/mol. The second-order valence-electron chi connectivity index (χ2n) is 4.29. The topological polar surface area (TPSA) is 0 Å². The fourth-order valence-corrected chi connectivity index (χ4v) is 1.86. The molecule has 0 aliphatic carbocycles. The molecule has 0 nitrogen and oxygen atoms in total. The summed E-state index contributed by atoms with van der Waals surface area (Å²) in [7, 11) is 0. The summed E-state index contributed by atoms with van der Waals surface area (Å²) in [5.74, 6) is -0.101. The van der Waals surface area contributed by atoms with Crippen LogP contribution < -0.4 is 0 Å². The maximum atomic E-state index is 13.5. The summed E-state index contributed by atoms with van der Waals surface area (Å²) in [6, 6.07) is 12.1. The Balaban J connectivity index is 2.52. The molecule has 0 saturated carbocycles. The molecule has 1 heteroatoms. The molecule has 2 aromatic carbocycles. The van der Waals surface area contributed by atoms with Gasteiger partial charge < -0.3 is 0 Å². The minimum atomic E-state index is -0.101. The zero-order valence-electron chi connectivity index (χ0n) is 9.84. The van der Waals surface area contributed by atoms with E-state index in [0.29, 0.717) is 11.1 Å². The van der Waals surface area contributed by atoms with Gasteiger partial charge in [-0.25, -0.2) is 4.39 Å². The third-order valence-electron chi connectivity index (χ3n) is 2.82. The standard InChI is InChI=1S/C15H15F/c1-10-4-6-13(7-5-10)14-8-11(2)15(16)12(3)9-14/h4-9H,1-3H3. The summed E-state index contributed by atoms with van der Waals surface area (Å²) < 4.78 is 13.5. The number of rotatable bonds is 1. The first-order chi connectivity index (χ1) is 7.58. The predicted octanol–water partition coefficient (Wildman–Crippen LogP) is 4.42. The molecule has 0 N–H and O–H groups in total. The highest BCUT2D eigenvalue weighted by atomic mass is 19.1. The normalized spacial score (nSPS) is 10.5. The van der Waals surface area contributed by atoms with E-state index in [4.69, 9.17) is 0 Å². The number of benzene rings is 2. The Labute approximate surface area is 95.7 Å². The van der Waals surface area contributed by atoms with E-state index < -0.39 is 0 Å². The first-order valence-electron chi connectivity index (χ1n) is 5.42. The lowest BCUT2D eigenvalue weighted by Gasteiger charge is -2.07. The van der Waals surface area contributed by atoms with Crippen molar-refractivity contribution in [1.82, 2.24) is 0 Å². The van der Waals surface area contributed by atoms with Crippen LogP contribution in [-0.2, 0) is 0 Å². The van der Waals surface area contributed by atoms with E-state index in [2.05, 4.69) is 31.2 Å². The average Bonchev–Trinajstić information content (AvgIpc) is 2.26. The van der Waals surface area contributed by atoms with Gasteiger partial charge in [-0.2, -0.15) is 0 Å². The third kappa shape index (κ3) is 1.99. The van der Waals surface area contributed by atoms with Gasteiger partial charge >= 0.3 is 0 Å². The molecule has 0 saturated heterocycles. The third-order valence-corrected chi connectivity index (χ3v) is 2.82. The fourth-order valence-electron chi connectivity index (χ4n) is 1.86. The Morgan fingerprint density at radius 2 is 1.25 bits per heavy atom. The highest BCUT2D eigenvalue weighted by molar-refractivity contribution is 5.65. The molecule has 0 aliphatic rings. The van der Waals surface area contributed by atoms with Gasteiger partial charge in [0.25, 0.3) is 0 Å². The van der Waals surface area contributed by atoms with Gasteiger partial charge in [0.1, 0.15) is 5.82 Å². The van der Waals surface area contributed by atoms with E-state index in [1.165, 1.54) is 5.56 Å². The largest absolute Gasteiger partial charge is 0.206 e. The first kappa shape index (κ1) is 10.9. The van der Waals surface area contributed by atoms with Crippen LogP contribution in [0.2, 0.25) is 0 Å². The minimum absolute atomic E-state index is 0.101. The van der Waals surface area contributed by atoms with Gasteiger partial charge in [0.15, 0.2) is 0 Å². The van der Waals surface area contributed by atoms with Gasteiger partial charge in [-0.05, 0) is 55.2 Å². The molecule has 2 rings (SSSR count). The van der Waals surface area contributed by atoms with Crippen LogP contribution in [0.1, 0.15) is 16.7 Å². The molecule has 0 aliphatic heterocycles. The second-order valence-corrected chi connectivity index (χ2v) is 4.29. The van der Waals surface area contributed by atoms with Crippen LogP contribution >= 0.6 is 0 Å². The molecule has 0 atom stereocenters. The summed E-state index contributed by atoms with van der Waals surface area (Å²) in [4.78, 5) is 0. The molecule has 0 spiro atoms. The quantitative estimate of drug-likeness (QED) is 0.659. The molecule has 16 heavy (non-hydrogen) atoms. The van der Waals surface area contributed by atoms with Gasteiger partial charge in [-0.1, -0.05) is 29.8 Å². The van der Waals surface area contributed by atoms with Crippen LogP contribution in [0, 0.1) is 26.6 Å². The lowest BCUT2D eigenvalue weighted by molar-refractivity contribution is 0.609. The molecule has 0 bridgehead atoms. The smallest absolute Gasteiger partial charge is 0.129 e. The van der Waals surface area contributed by atoms with Crippen LogP contribution in [-0.4, -0.2) is 0 Å². The van der Waals surface area contributed by atoms with Gasteiger partial charge in [0.05, 0.1) is 0 Å². The number of hydrogen-bond donors (Lipinski definition) is 0.